The average Bonchev–Trinajstić information content (AvgIpc) is 3.24. The number of fused-ring (bicyclic) bond motifs is 3. The van der Waals surface area contributed by atoms with E-state index >= 15 is 0 Å². The molecule has 1 saturated carbocycles. The zero-order valence-electron chi connectivity index (χ0n) is 23.9. The number of carbonyl (C=O) groups excluding carboxylic acids is 2. The molecule has 216 valence electrons. The molecule has 8 heteroatoms. The van der Waals surface area contributed by atoms with E-state index in [0.29, 0.717) is 19.4 Å². The van der Waals surface area contributed by atoms with E-state index in [2.05, 4.69) is 17.4 Å². The first-order chi connectivity index (χ1) is 19.1. The Morgan fingerprint density at radius 3 is 2.12 bits per heavy atom. The maximum Gasteiger partial charge on any atom is 0.410 e. The molecule has 0 unspecified atom stereocenters. The molecule has 0 aliphatic heterocycles. The number of rotatable bonds is 10. The number of carboxylic acids is 1. The van der Waals surface area contributed by atoms with Gasteiger partial charge in [0.15, 0.2) is 0 Å². The minimum Gasteiger partial charge on any atom is -0.480 e. The summed E-state index contributed by atoms with van der Waals surface area (Å²) in [5.41, 5.74) is 3.87. The number of benzene rings is 2. The largest absolute Gasteiger partial charge is 0.480 e. The third-order valence-electron chi connectivity index (χ3n) is 7.72. The smallest absolute Gasteiger partial charge is 0.410 e. The van der Waals surface area contributed by atoms with E-state index in [1.54, 1.807) is 0 Å². The predicted octanol–water partition coefficient (Wildman–Crippen LogP) is 6.72. The van der Waals surface area contributed by atoms with Crippen molar-refractivity contribution >= 4 is 18.2 Å². The number of aliphatic carboxylic acids is 1. The molecule has 0 bridgehead atoms. The summed E-state index contributed by atoms with van der Waals surface area (Å²) in [5, 5.41) is 12.3. The zero-order valence-corrected chi connectivity index (χ0v) is 23.9. The number of carboxylic acid groups (broad SMARTS) is 1. The van der Waals surface area contributed by atoms with Gasteiger partial charge in [0.05, 0.1) is 0 Å². The van der Waals surface area contributed by atoms with Crippen LogP contribution in [0.1, 0.15) is 89.2 Å². The lowest BCUT2D eigenvalue weighted by Crippen LogP contribution is -2.45. The highest BCUT2D eigenvalue weighted by atomic mass is 16.6. The second-order valence-corrected chi connectivity index (χ2v) is 11.8. The van der Waals surface area contributed by atoms with Crippen molar-refractivity contribution in [3.8, 4) is 11.1 Å². The maximum absolute atomic E-state index is 12.9. The molecule has 2 N–H and O–H groups in total. The van der Waals surface area contributed by atoms with Gasteiger partial charge in [-0.05, 0) is 75.1 Å². The Kier molecular flexibility index (Phi) is 9.71. The van der Waals surface area contributed by atoms with E-state index in [9.17, 15) is 19.5 Å². The Labute approximate surface area is 237 Å². The van der Waals surface area contributed by atoms with Crippen LogP contribution in [-0.4, -0.2) is 59.0 Å². The van der Waals surface area contributed by atoms with Crippen molar-refractivity contribution in [1.82, 2.24) is 10.2 Å². The van der Waals surface area contributed by atoms with Gasteiger partial charge in [-0.25, -0.2) is 14.4 Å². The number of ether oxygens (including phenoxy) is 2. The van der Waals surface area contributed by atoms with Crippen molar-refractivity contribution < 1.29 is 29.0 Å². The van der Waals surface area contributed by atoms with Crippen LogP contribution in [0.15, 0.2) is 48.5 Å². The molecule has 2 aromatic carbocycles. The van der Waals surface area contributed by atoms with Crippen LogP contribution < -0.4 is 5.32 Å². The van der Waals surface area contributed by atoms with Crippen LogP contribution in [0, 0.1) is 0 Å². The lowest BCUT2D eigenvalue weighted by molar-refractivity contribution is -0.139. The van der Waals surface area contributed by atoms with Crippen LogP contribution >= 0.6 is 0 Å². The first-order valence-electron chi connectivity index (χ1n) is 14.5. The highest BCUT2D eigenvalue weighted by molar-refractivity contribution is 5.81. The Balaban J connectivity index is 1.28. The number of hydrogen-bond acceptors (Lipinski definition) is 5. The summed E-state index contributed by atoms with van der Waals surface area (Å²) < 4.78 is 11.2. The summed E-state index contributed by atoms with van der Waals surface area (Å²) in [6.45, 7) is 6.19. The normalized spacial score (nSPS) is 16.0. The lowest BCUT2D eigenvalue weighted by Gasteiger charge is -2.35. The zero-order chi connectivity index (χ0) is 28.7. The number of nitrogens with zero attached hydrogens (tertiary/aromatic N) is 1. The first kappa shape index (κ1) is 29.4. The Bertz CT molecular complexity index is 1140. The number of nitrogens with one attached hydrogen (secondary N) is 1. The topological polar surface area (TPSA) is 105 Å². The summed E-state index contributed by atoms with van der Waals surface area (Å²) in [6, 6.07) is 15.2. The second-order valence-electron chi connectivity index (χ2n) is 11.8. The van der Waals surface area contributed by atoms with Crippen molar-refractivity contribution in [1.29, 1.82) is 0 Å². The summed E-state index contributed by atoms with van der Waals surface area (Å²) >= 11 is 0. The van der Waals surface area contributed by atoms with Crippen LogP contribution in [0.3, 0.4) is 0 Å². The highest BCUT2D eigenvalue weighted by Gasteiger charge is 2.31. The predicted molar refractivity (Wildman–Crippen MR) is 153 cm³/mol. The third-order valence-corrected chi connectivity index (χ3v) is 7.72. The molecular formula is C32H42N2O6. The van der Waals surface area contributed by atoms with E-state index < -0.39 is 23.7 Å². The average molecular weight is 551 g/mol. The van der Waals surface area contributed by atoms with Crippen molar-refractivity contribution in [2.45, 2.75) is 95.7 Å². The molecule has 4 rings (SSSR count). The minimum atomic E-state index is -1.11. The summed E-state index contributed by atoms with van der Waals surface area (Å²) in [4.78, 5) is 39.3. The molecule has 0 spiro atoms. The van der Waals surface area contributed by atoms with Gasteiger partial charge in [-0.15, -0.1) is 0 Å². The van der Waals surface area contributed by atoms with Crippen LogP contribution in [-0.2, 0) is 14.3 Å². The molecule has 0 radical (unpaired) electrons. The van der Waals surface area contributed by atoms with E-state index in [1.165, 1.54) is 6.42 Å². The monoisotopic (exact) mass is 550 g/mol. The van der Waals surface area contributed by atoms with Gasteiger partial charge in [-0.1, -0.05) is 67.8 Å². The second kappa shape index (κ2) is 13.2. The molecule has 1 atom stereocenters. The highest BCUT2D eigenvalue weighted by Crippen LogP contribution is 2.44. The number of amides is 2. The van der Waals surface area contributed by atoms with Crippen molar-refractivity contribution in [2.75, 3.05) is 13.2 Å². The molecule has 0 aromatic heterocycles. The first-order valence-corrected chi connectivity index (χ1v) is 14.5. The number of carbonyl (C=O) groups is 3. The molecule has 40 heavy (non-hydrogen) atoms. The molecule has 2 aliphatic carbocycles. The Morgan fingerprint density at radius 1 is 0.950 bits per heavy atom. The summed E-state index contributed by atoms with van der Waals surface area (Å²) in [7, 11) is 0. The van der Waals surface area contributed by atoms with Gasteiger partial charge >= 0.3 is 18.2 Å². The third kappa shape index (κ3) is 7.55. The van der Waals surface area contributed by atoms with Gasteiger partial charge in [0, 0.05) is 18.5 Å². The van der Waals surface area contributed by atoms with E-state index in [0.717, 1.165) is 47.9 Å². The van der Waals surface area contributed by atoms with Crippen LogP contribution in [0.4, 0.5) is 9.59 Å². The molecular weight excluding hydrogens is 508 g/mol. The molecule has 2 aliphatic rings. The Morgan fingerprint density at radius 2 is 1.55 bits per heavy atom. The molecule has 0 heterocycles. The fourth-order valence-electron chi connectivity index (χ4n) is 5.81. The minimum absolute atomic E-state index is 0.0972. The molecule has 0 saturated heterocycles. The SMILES string of the molecule is CC(C)(C)OC(=O)N(CCCC[C@H](NC(=O)OCC1c2ccccc2-c2ccccc21)C(=O)O)C1CCCCC1. The van der Waals surface area contributed by atoms with Crippen LogP contribution in [0.5, 0.6) is 0 Å². The fraction of sp³-hybridized carbons (Fsp3) is 0.531. The van der Waals surface area contributed by atoms with Gasteiger partial charge < -0.3 is 24.8 Å². The number of hydrogen-bond donors (Lipinski definition) is 2. The molecule has 1 fully saturated rings. The van der Waals surface area contributed by atoms with Gasteiger partial charge in [-0.2, -0.15) is 0 Å². The van der Waals surface area contributed by atoms with Gasteiger partial charge in [-0.3, -0.25) is 0 Å². The van der Waals surface area contributed by atoms with Crippen LogP contribution in [0.25, 0.3) is 11.1 Å². The van der Waals surface area contributed by atoms with E-state index in [4.69, 9.17) is 9.47 Å². The van der Waals surface area contributed by atoms with Gasteiger partial charge in [0.1, 0.15) is 18.2 Å². The summed E-state index contributed by atoms with van der Waals surface area (Å²) in [6.07, 6.45) is 5.62. The molecule has 2 aromatic rings. The quantitative estimate of drug-likeness (QED) is 0.318. The van der Waals surface area contributed by atoms with E-state index in [-0.39, 0.29) is 31.1 Å². The molecule has 2 amide bonds. The van der Waals surface area contributed by atoms with Crippen molar-refractivity contribution in [3.05, 3.63) is 59.7 Å². The Hall–Kier alpha value is -3.55. The van der Waals surface area contributed by atoms with Gasteiger partial charge in [0.2, 0.25) is 0 Å². The summed E-state index contributed by atoms with van der Waals surface area (Å²) in [5.74, 6) is -1.20. The number of unbranched alkanes of at least 4 members (excludes halogenated alkanes) is 1. The number of alkyl carbamates (subject to hydrolysis) is 1. The standard InChI is InChI=1S/C32H42N2O6/c1-32(2,3)40-31(38)34(22-13-5-4-6-14-22)20-12-11-19-28(29(35)36)33-30(37)39-21-27-25-17-9-7-15-23(25)24-16-8-10-18-26(24)27/h7-10,15-18,22,27-28H,4-6,11-14,19-21H2,1-3H3,(H,33,37)(H,35,36)/t28-/m0/s1. The van der Waals surface area contributed by atoms with E-state index in [1.807, 2.05) is 62.1 Å². The van der Waals surface area contributed by atoms with Crippen molar-refractivity contribution in [3.63, 3.8) is 0 Å². The lowest BCUT2D eigenvalue weighted by atomic mass is 9.94. The van der Waals surface area contributed by atoms with Gasteiger partial charge in [0.25, 0.3) is 0 Å². The fourth-order valence-corrected chi connectivity index (χ4v) is 5.81. The maximum atomic E-state index is 12.9. The van der Waals surface area contributed by atoms with Crippen LogP contribution in [0.2, 0.25) is 0 Å². The van der Waals surface area contributed by atoms with Crippen molar-refractivity contribution in [2.24, 2.45) is 0 Å². The molecule has 8 nitrogen and oxygen atoms in total.